The minimum absolute atomic E-state index is 0.0478. The zero-order valence-corrected chi connectivity index (χ0v) is 17.0. The van der Waals surface area contributed by atoms with Crippen molar-refractivity contribution < 1.29 is 19.1 Å². The summed E-state index contributed by atoms with van der Waals surface area (Å²) in [4.78, 5) is 25.4. The Morgan fingerprint density at radius 2 is 2.00 bits per heavy atom. The number of hydrogen-bond acceptors (Lipinski definition) is 4. The van der Waals surface area contributed by atoms with Crippen molar-refractivity contribution in [1.29, 1.82) is 0 Å². The Hall–Kier alpha value is -2.14. The van der Waals surface area contributed by atoms with Crippen LogP contribution in [0.25, 0.3) is 0 Å². The van der Waals surface area contributed by atoms with Crippen LogP contribution < -0.4 is 0 Å². The largest absolute Gasteiger partial charge is 0.444 e. The number of ether oxygens (including phenoxy) is 2. The number of hydrogen-bond donors (Lipinski definition) is 0. The van der Waals surface area contributed by atoms with Crippen molar-refractivity contribution in [1.82, 2.24) is 4.90 Å². The van der Waals surface area contributed by atoms with Crippen LogP contribution in [0.5, 0.6) is 0 Å². The van der Waals surface area contributed by atoms with Crippen LogP contribution in [-0.2, 0) is 15.9 Å². The number of carbonyl (C=O) groups is 2. The molecule has 0 aromatic heterocycles. The predicted molar refractivity (Wildman–Crippen MR) is 106 cm³/mol. The maximum Gasteiger partial charge on any atom is 0.412 e. The van der Waals surface area contributed by atoms with Crippen LogP contribution in [0.2, 0.25) is 0 Å². The number of amides is 1. The molecule has 1 aromatic rings. The molecule has 1 atom stereocenters. The van der Waals surface area contributed by atoms with E-state index in [1.807, 2.05) is 58.9 Å². The zero-order valence-electron chi connectivity index (χ0n) is 17.0. The first-order chi connectivity index (χ1) is 12.6. The summed E-state index contributed by atoms with van der Waals surface area (Å²) in [6, 6.07) is 7.59. The summed E-state index contributed by atoms with van der Waals surface area (Å²) < 4.78 is 11.4. The van der Waals surface area contributed by atoms with Crippen LogP contribution in [0.1, 0.15) is 63.4 Å². The normalized spacial score (nSPS) is 19.4. The van der Waals surface area contributed by atoms with Crippen molar-refractivity contribution in [2.75, 3.05) is 6.61 Å². The molecule has 5 nitrogen and oxygen atoms in total. The molecule has 0 bridgehead atoms. The minimum atomic E-state index is -0.677. The molecule has 1 heterocycles. The highest BCUT2D eigenvalue weighted by atomic mass is 16.6. The molecule has 1 saturated heterocycles. The summed E-state index contributed by atoms with van der Waals surface area (Å²) in [5.41, 5.74) is 0.581. The van der Waals surface area contributed by atoms with E-state index in [-0.39, 0.29) is 12.1 Å². The van der Waals surface area contributed by atoms with Gasteiger partial charge in [-0.05, 0) is 59.4 Å². The quantitative estimate of drug-likeness (QED) is 0.533. The third-order valence-corrected chi connectivity index (χ3v) is 4.50. The summed E-state index contributed by atoms with van der Waals surface area (Å²) in [6.07, 6.45) is 7.09. The molecule has 148 valence electrons. The Kier molecular flexibility index (Phi) is 6.82. The molecule has 0 aliphatic carbocycles. The van der Waals surface area contributed by atoms with Gasteiger partial charge in [-0.2, -0.15) is 0 Å². The number of aryl methyl sites for hydroxylation is 1. The third kappa shape index (κ3) is 5.93. The van der Waals surface area contributed by atoms with Crippen LogP contribution in [-0.4, -0.2) is 41.3 Å². The van der Waals surface area contributed by atoms with Crippen molar-refractivity contribution in [2.24, 2.45) is 0 Å². The van der Waals surface area contributed by atoms with Gasteiger partial charge in [-0.15, -0.1) is 0 Å². The van der Waals surface area contributed by atoms with E-state index in [0.29, 0.717) is 13.0 Å². The van der Waals surface area contributed by atoms with Gasteiger partial charge in [0.15, 0.2) is 0 Å². The highest BCUT2D eigenvalue weighted by Crippen LogP contribution is 2.31. The summed E-state index contributed by atoms with van der Waals surface area (Å²) in [5, 5.41) is 0. The predicted octanol–water partition coefficient (Wildman–Crippen LogP) is 4.75. The lowest BCUT2D eigenvalue weighted by atomic mass is 10.0. The maximum atomic E-state index is 12.6. The van der Waals surface area contributed by atoms with Gasteiger partial charge >= 0.3 is 6.09 Å². The highest BCUT2D eigenvalue weighted by Gasteiger charge is 2.45. The summed E-state index contributed by atoms with van der Waals surface area (Å²) in [5.74, 6) is 0. The SMILES string of the molecule is CC(C)(C)OC(=O)N1[C@@H](C/C=C/CCc2ccccc2C=O)COC1(C)C. The number of allylic oxidation sites excluding steroid dienone is 1. The topological polar surface area (TPSA) is 55.8 Å². The molecule has 0 saturated carbocycles. The second kappa shape index (κ2) is 8.70. The fraction of sp³-hybridized carbons (Fsp3) is 0.545. The lowest BCUT2D eigenvalue weighted by Gasteiger charge is -2.34. The van der Waals surface area contributed by atoms with E-state index < -0.39 is 11.3 Å². The molecule has 1 aromatic carbocycles. The van der Waals surface area contributed by atoms with Gasteiger partial charge in [0.25, 0.3) is 0 Å². The zero-order chi connectivity index (χ0) is 20.1. The molecule has 1 fully saturated rings. The summed E-state index contributed by atoms with van der Waals surface area (Å²) in [7, 11) is 0. The molecule has 1 aliphatic rings. The van der Waals surface area contributed by atoms with Crippen molar-refractivity contribution in [3.8, 4) is 0 Å². The number of aldehydes is 1. The Morgan fingerprint density at radius 1 is 1.30 bits per heavy atom. The molecular formula is C22H31NO4. The van der Waals surface area contributed by atoms with Crippen LogP contribution in [0.3, 0.4) is 0 Å². The van der Waals surface area contributed by atoms with Gasteiger partial charge in [-0.1, -0.05) is 36.4 Å². The molecule has 0 unspecified atom stereocenters. The number of benzene rings is 1. The fourth-order valence-corrected chi connectivity index (χ4v) is 3.22. The lowest BCUT2D eigenvalue weighted by Crippen LogP contribution is -2.49. The summed E-state index contributed by atoms with van der Waals surface area (Å²) >= 11 is 0. The Balaban J connectivity index is 1.92. The van der Waals surface area contributed by atoms with Crippen molar-refractivity contribution in [3.63, 3.8) is 0 Å². The van der Waals surface area contributed by atoms with Crippen molar-refractivity contribution in [2.45, 2.75) is 71.2 Å². The van der Waals surface area contributed by atoms with Gasteiger partial charge in [-0.25, -0.2) is 4.79 Å². The summed E-state index contributed by atoms with van der Waals surface area (Å²) in [6.45, 7) is 9.85. The molecule has 0 spiro atoms. The smallest absolute Gasteiger partial charge is 0.412 e. The standard InChI is InChI=1S/C22H31NO4/c1-21(2,3)27-20(25)23-19(16-26-22(23,4)5)14-8-6-7-11-17-12-9-10-13-18(17)15-24/h6,8-10,12-13,15,19H,7,11,14,16H2,1-5H3/b8-6+/t19-/m0/s1. The van der Waals surface area contributed by atoms with E-state index in [0.717, 1.165) is 30.3 Å². The van der Waals surface area contributed by atoms with Crippen molar-refractivity contribution >= 4 is 12.4 Å². The molecular weight excluding hydrogens is 342 g/mol. The van der Waals surface area contributed by atoms with Crippen LogP contribution in [0.15, 0.2) is 36.4 Å². The number of rotatable bonds is 6. The fourth-order valence-electron chi connectivity index (χ4n) is 3.22. The van der Waals surface area contributed by atoms with Crippen LogP contribution in [0.4, 0.5) is 4.79 Å². The number of nitrogens with zero attached hydrogens (tertiary/aromatic N) is 1. The van der Waals surface area contributed by atoms with E-state index >= 15 is 0 Å². The third-order valence-electron chi connectivity index (χ3n) is 4.50. The van der Waals surface area contributed by atoms with E-state index in [1.54, 1.807) is 4.90 Å². The van der Waals surface area contributed by atoms with Crippen molar-refractivity contribution in [3.05, 3.63) is 47.5 Å². The second-order valence-corrected chi connectivity index (χ2v) is 8.32. The van der Waals surface area contributed by atoms with Gasteiger partial charge in [0.05, 0.1) is 12.6 Å². The second-order valence-electron chi connectivity index (χ2n) is 8.32. The molecule has 2 rings (SSSR count). The molecule has 5 heteroatoms. The average Bonchev–Trinajstić information content (AvgIpc) is 2.88. The van der Waals surface area contributed by atoms with Gasteiger partial charge in [-0.3, -0.25) is 9.69 Å². The van der Waals surface area contributed by atoms with Crippen LogP contribution >= 0.6 is 0 Å². The number of carbonyl (C=O) groups excluding carboxylic acids is 2. The Bertz CT molecular complexity index is 688. The van der Waals surface area contributed by atoms with E-state index in [2.05, 4.69) is 12.2 Å². The van der Waals surface area contributed by atoms with Gasteiger partial charge < -0.3 is 9.47 Å². The average molecular weight is 373 g/mol. The van der Waals surface area contributed by atoms with Gasteiger partial charge in [0, 0.05) is 5.56 Å². The van der Waals surface area contributed by atoms with Gasteiger partial charge in [0.2, 0.25) is 0 Å². The first kappa shape index (κ1) is 21.2. The van der Waals surface area contributed by atoms with E-state index in [4.69, 9.17) is 9.47 Å². The van der Waals surface area contributed by atoms with E-state index in [1.165, 1.54) is 0 Å². The highest BCUT2D eigenvalue weighted by molar-refractivity contribution is 5.77. The van der Waals surface area contributed by atoms with Crippen LogP contribution in [0, 0.1) is 0 Å². The molecule has 1 amide bonds. The molecule has 0 N–H and O–H groups in total. The van der Waals surface area contributed by atoms with E-state index in [9.17, 15) is 9.59 Å². The molecule has 0 radical (unpaired) electrons. The molecule has 27 heavy (non-hydrogen) atoms. The Labute approximate surface area is 162 Å². The maximum absolute atomic E-state index is 12.6. The molecule has 1 aliphatic heterocycles. The first-order valence-electron chi connectivity index (χ1n) is 9.48. The monoisotopic (exact) mass is 373 g/mol. The van der Waals surface area contributed by atoms with Gasteiger partial charge in [0.1, 0.15) is 17.6 Å². The lowest BCUT2D eigenvalue weighted by molar-refractivity contribution is -0.0623. The Morgan fingerprint density at radius 3 is 2.67 bits per heavy atom. The first-order valence-corrected chi connectivity index (χ1v) is 9.48. The minimum Gasteiger partial charge on any atom is -0.444 e.